The van der Waals surface area contributed by atoms with Gasteiger partial charge in [0, 0.05) is 20.1 Å². The molecule has 1 fully saturated rings. The molecule has 1 aromatic rings. The summed E-state index contributed by atoms with van der Waals surface area (Å²) in [6.07, 6.45) is 0. The first-order valence-electron chi connectivity index (χ1n) is 6.04. The Kier molecular flexibility index (Phi) is 3.62. The Hall–Kier alpha value is -1.43. The van der Waals surface area contributed by atoms with Crippen LogP contribution in [-0.2, 0) is 4.79 Å². The van der Waals surface area contributed by atoms with Gasteiger partial charge < -0.3 is 9.80 Å². The van der Waals surface area contributed by atoms with Gasteiger partial charge in [-0.3, -0.25) is 9.59 Å². The number of aromatic nitrogens is 1. The van der Waals surface area contributed by atoms with Crippen molar-refractivity contribution in [3.8, 4) is 0 Å². The van der Waals surface area contributed by atoms with Crippen LogP contribution in [0.4, 0.5) is 0 Å². The van der Waals surface area contributed by atoms with Crippen LogP contribution in [0.2, 0.25) is 0 Å². The second-order valence-corrected chi connectivity index (χ2v) is 5.90. The third-order valence-corrected chi connectivity index (χ3v) is 3.82. The Morgan fingerprint density at radius 1 is 1.37 bits per heavy atom. The van der Waals surface area contributed by atoms with Crippen LogP contribution < -0.4 is 0 Å². The van der Waals surface area contributed by atoms with E-state index < -0.39 is 5.54 Å². The highest BCUT2D eigenvalue weighted by atomic mass is 79.9. The monoisotopic (exact) mass is 325 g/mol. The first-order valence-corrected chi connectivity index (χ1v) is 6.83. The summed E-state index contributed by atoms with van der Waals surface area (Å²) in [6, 6.07) is 5.18. The van der Waals surface area contributed by atoms with Crippen LogP contribution in [0.15, 0.2) is 22.8 Å². The van der Waals surface area contributed by atoms with Gasteiger partial charge in [0.25, 0.3) is 5.91 Å². The van der Waals surface area contributed by atoms with Gasteiger partial charge >= 0.3 is 0 Å². The minimum absolute atomic E-state index is 0.0536. The fourth-order valence-corrected chi connectivity index (χ4v) is 2.58. The van der Waals surface area contributed by atoms with Crippen molar-refractivity contribution in [2.75, 3.05) is 20.1 Å². The molecule has 1 aliphatic rings. The molecule has 1 aromatic heterocycles. The number of carbonyl (C=O) groups is 2. The van der Waals surface area contributed by atoms with Crippen molar-refractivity contribution in [3.63, 3.8) is 0 Å². The van der Waals surface area contributed by atoms with E-state index in [1.165, 1.54) is 0 Å². The standard InChI is InChI=1S/C13H16BrN3O2/c1-13(2)12(19)16(3)7-8-17(13)11(18)9-5-4-6-10(14)15-9/h4-6H,7-8H2,1-3H3. The summed E-state index contributed by atoms with van der Waals surface area (Å²) in [6.45, 7) is 4.59. The summed E-state index contributed by atoms with van der Waals surface area (Å²) >= 11 is 3.25. The number of hydrogen-bond acceptors (Lipinski definition) is 3. The number of rotatable bonds is 1. The van der Waals surface area contributed by atoms with Crippen molar-refractivity contribution in [3.05, 3.63) is 28.5 Å². The second-order valence-electron chi connectivity index (χ2n) is 5.09. The molecule has 102 valence electrons. The Balaban J connectivity index is 2.31. The lowest BCUT2D eigenvalue weighted by atomic mass is 9.97. The topological polar surface area (TPSA) is 53.5 Å². The Morgan fingerprint density at radius 2 is 2.05 bits per heavy atom. The van der Waals surface area contributed by atoms with E-state index >= 15 is 0 Å². The normalized spacial score (nSPS) is 18.6. The summed E-state index contributed by atoms with van der Waals surface area (Å²) in [5.74, 6) is -0.269. The van der Waals surface area contributed by atoms with Crippen molar-refractivity contribution >= 4 is 27.7 Å². The summed E-state index contributed by atoms with van der Waals surface area (Å²) in [7, 11) is 1.75. The zero-order valence-corrected chi connectivity index (χ0v) is 12.8. The molecular weight excluding hydrogens is 310 g/mol. The van der Waals surface area contributed by atoms with E-state index in [1.807, 2.05) is 0 Å². The van der Waals surface area contributed by atoms with Gasteiger partial charge in [0.2, 0.25) is 5.91 Å². The molecule has 0 saturated carbocycles. The van der Waals surface area contributed by atoms with Crippen molar-refractivity contribution in [2.45, 2.75) is 19.4 Å². The molecule has 2 rings (SSSR count). The van der Waals surface area contributed by atoms with Gasteiger partial charge in [-0.05, 0) is 41.9 Å². The first kappa shape index (κ1) is 14.0. The minimum Gasteiger partial charge on any atom is -0.342 e. The molecule has 5 nitrogen and oxygen atoms in total. The predicted octanol–water partition coefficient (Wildman–Crippen LogP) is 1.54. The van der Waals surface area contributed by atoms with Crippen LogP contribution in [0.5, 0.6) is 0 Å². The van der Waals surface area contributed by atoms with Crippen LogP contribution >= 0.6 is 15.9 Å². The number of amides is 2. The third kappa shape index (κ3) is 2.49. The lowest BCUT2D eigenvalue weighted by molar-refractivity contribution is -0.144. The van der Waals surface area contributed by atoms with E-state index in [2.05, 4.69) is 20.9 Å². The molecule has 0 spiro atoms. The molecule has 2 amide bonds. The summed E-state index contributed by atoms with van der Waals surface area (Å²) in [4.78, 5) is 32.1. The van der Waals surface area contributed by atoms with Crippen LogP contribution in [0.3, 0.4) is 0 Å². The molecule has 0 atom stereocenters. The van der Waals surface area contributed by atoms with Crippen molar-refractivity contribution in [1.82, 2.24) is 14.8 Å². The van der Waals surface area contributed by atoms with Gasteiger partial charge in [-0.1, -0.05) is 6.07 Å². The lowest BCUT2D eigenvalue weighted by Crippen LogP contribution is -2.63. The maximum Gasteiger partial charge on any atom is 0.273 e. The number of piperazine rings is 1. The minimum atomic E-state index is -0.839. The summed E-state index contributed by atoms with van der Waals surface area (Å²) in [5.41, 5.74) is -0.492. The molecule has 0 N–H and O–H groups in total. The smallest absolute Gasteiger partial charge is 0.273 e. The highest BCUT2D eigenvalue weighted by Gasteiger charge is 2.43. The van der Waals surface area contributed by atoms with Crippen LogP contribution in [0.25, 0.3) is 0 Å². The molecule has 0 bridgehead atoms. The number of hydrogen-bond donors (Lipinski definition) is 0. The number of pyridine rings is 1. The number of likely N-dealkylation sites (N-methyl/N-ethyl adjacent to an activating group) is 1. The second kappa shape index (κ2) is 4.92. The van der Waals surface area contributed by atoms with Crippen molar-refractivity contribution < 1.29 is 9.59 Å². The van der Waals surface area contributed by atoms with Gasteiger partial charge in [-0.2, -0.15) is 0 Å². The van der Waals surface area contributed by atoms with Crippen molar-refractivity contribution in [1.29, 1.82) is 0 Å². The molecule has 0 aromatic carbocycles. The van der Waals surface area contributed by atoms with Gasteiger partial charge in [-0.25, -0.2) is 4.98 Å². The van der Waals surface area contributed by atoms with Gasteiger partial charge in [0.15, 0.2) is 0 Å². The highest BCUT2D eigenvalue weighted by molar-refractivity contribution is 9.10. The van der Waals surface area contributed by atoms with Crippen LogP contribution in [0, 0.1) is 0 Å². The predicted molar refractivity (Wildman–Crippen MR) is 74.7 cm³/mol. The van der Waals surface area contributed by atoms with E-state index in [1.54, 1.807) is 48.9 Å². The highest BCUT2D eigenvalue weighted by Crippen LogP contribution is 2.23. The van der Waals surface area contributed by atoms with E-state index in [0.717, 1.165) is 0 Å². The molecule has 0 unspecified atom stereocenters. The van der Waals surface area contributed by atoms with Crippen LogP contribution in [-0.4, -0.2) is 52.3 Å². The van der Waals surface area contributed by atoms with E-state index in [9.17, 15) is 9.59 Å². The number of halogens is 1. The molecule has 0 radical (unpaired) electrons. The van der Waals surface area contributed by atoms with Gasteiger partial charge in [0.1, 0.15) is 15.8 Å². The molecular formula is C13H16BrN3O2. The molecule has 6 heteroatoms. The fourth-order valence-electron chi connectivity index (χ4n) is 2.23. The largest absolute Gasteiger partial charge is 0.342 e. The Morgan fingerprint density at radius 3 is 2.68 bits per heavy atom. The Bertz CT molecular complexity index is 530. The van der Waals surface area contributed by atoms with E-state index in [-0.39, 0.29) is 11.8 Å². The van der Waals surface area contributed by atoms with E-state index in [4.69, 9.17) is 0 Å². The maximum absolute atomic E-state index is 12.5. The zero-order valence-electron chi connectivity index (χ0n) is 11.2. The quantitative estimate of drug-likeness (QED) is 0.736. The molecule has 19 heavy (non-hydrogen) atoms. The fraction of sp³-hybridized carbons (Fsp3) is 0.462. The van der Waals surface area contributed by atoms with Crippen molar-refractivity contribution in [2.24, 2.45) is 0 Å². The SMILES string of the molecule is CN1CCN(C(=O)c2cccc(Br)n2)C(C)(C)C1=O. The summed E-state index contributed by atoms with van der Waals surface area (Å²) < 4.78 is 0.608. The first-order chi connectivity index (χ1) is 8.84. The Labute approximate surface area is 120 Å². The van der Waals surface area contributed by atoms with Gasteiger partial charge in [0.05, 0.1) is 0 Å². The molecule has 1 aliphatic heterocycles. The summed E-state index contributed by atoms with van der Waals surface area (Å²) in [5, 5.41) is 0. The number of carbonyl (C=O) groups excluding carboxylic acids is 2. The molecule has 2 heterocycles. The number of nitrogens with zero attached hydrogens (tertiary/aromatic N) is 3. The molecule has 1 saturated heterocycles. The van der Waals surface area contributed by atoms with Gasteiger partial charge in [-0.15, -0.1) is 0 Å². The average molecular weight is 326 g/mol. The van der Waals surface area contributed by atoms with Crippen LogP contribution in [0.1, 0.15) is 24.3 Å². The lowest BCUT2D eigenvalue weighted by Gasteiger charge is -2.44. The van der Waals surface area contributed by atoms with E-state index in [0.29, 0.717) is 23.4 Å². The maximum atomic E-state index is 12.5. The zero-order chi connectivity index (χ0) is 14.2. The average Bonchev–Trinajstić information content (AvgIpc) is 2.35. The molecule has 0 aliphatic carbocycles. The third-order valence-electron chi connectivity index (χ3n) is 3.38.